The van der Waals surface area contributed by atoms with Crippen molar-refractivity contribution in [2.75, 3.05) is 13.1 Å². The van der Waals surface area contributed by atoms with Crippen molar-refractivity contribution in [2.45, 2.75) is 44.6 Å². The number of piperidine rings is 1. The van der Waals surface area contributed by atoms with E-state index < -0.39 is 22.0 Å². The number of benzene rings is 1. The first-order valence-electron chi connectivity index (χ1n) is 8.23. The lowest BCUT2D eigenvalue weighted by Gasteiger charge is -2.31. The molecule has 1 saturated heterocycles. The van der Waals surface area contributed by atoms with Crippen molar-refractivity contribution in [2.24, 2.45) is 5.92 Å². The van der Waals surface area contributed by atoms with Crippen molar-refractivity contribution in [1.29, 1.82) is 0 Å². The van der Waals surface area contributed by atoms with Crippen LogP contribution in [0.3, 0.4) is 0 Å². The molecule has 2 N–H and O–H groups in total. The highest BCUT2D eigenvalue weighted by Gasteiger charge is 2.33. The molecule has 1 aliphatic heterocycles. The van der Waals surface area contributed by atoms with Gasteiger partial charge in [-0.05, 0) is 45.2 Å². The first-order chi connectivity index (χ1) is 11.6. The molecule has 1 aromatic rings. The predicted molar refractivity (Wildman–Crippen MR) is 92.6 cm³/mol. The third-order valence-corrected chi connectivity index (χ3v) is 6.56. The van der Waals surface area contributed by atoms with Gasteiger partial charge in [0.1, 0.15) is 6.04 Å². The van der Waals surface area contributed by atoms with Crippen LogP contribution in [0.5, 0.6) is 0 Å². The zero-order valence-corrected chi connectivity index (χ0v) is 15.5. The van der Waals surface area contributed by atoms with Gasteiger partial charge in [0.15, 0.2) is 0 Å². The molecule has 138 valence electrons. The summed E-state index contributed by atoms with van der Waals surface area (Å²) in [5, 5.41) is 11.3. The maximum Gasteiger partial charge on any atom is 0.325 e. The lowest BCUT2D eigenvalue weighted by atomic mass is 9.97. The van der Waals surface area contributed by atoms with E-state index in [1.807, 2.05) is 13.0 Å². The van der Waals surface area contributed by atoms with Crippen LogP contribution in [0.1, 0.15) is 30.9 Å². The number of carbonyl (C=O) groups excluding carboxylic acids is 1. The van der Waals surface area contributed by atoms with E-state index in [0.717, 1.165) is 5.56 Å². The number of nitrogens with zero attached hydrogens (tertiary/aromatic N) is 1. The fourth-order valence-corrected chi connectivity index (χ4v) is 4.65. The zero-order valence-electron chi connectivity index (χ0n) is 14.7. The van der Waals surface area contributed by atoms with Crippen LogP contribution < -0.4 is 5.32 Å². The Kier molecular flexibility index (Phi) is 5.84. The number of carbonyl (C=O) groups is 2. The molecule has 1 fully saturated rings. The summed E-state index contributed by atoms with van der Waals surface area (Å²) in [6, 6.07) is 4.27. The third kappa shape index (κ3) is 4.38. The summed E-state index contributed by atoms with van der Waals surface area (Å²) < 4.78 is 27.0. The summed E-state index contributed by atoms with van der Waals surface area (Å²) in [6.07, 6.45) is 0.755. The number of carboxylic acid groups (broad SMARTS) is 1. The van der Waals surface area contributed by atoms with E-state index in [4.69, 9.17) is 5.11 Å². The van der Waals surface area contributed by atoms with Crippen molar-refractivity contribution in [3.8, 4) is 0 Å². The van der Waals surface area contributed by atoms with Gasteiger partial charge in [0.2, 0.25) is 15.9 Å². The molecule has 0 radical (unpaired) electrons. The summed E-state index contributed by atoms with van der Waals surface area (Å²) in [7, 11) is -3.59. The Hall–Kier alpha value is -1.93. The maximum absolute atomic E-state index is 12.8. The van der Waals surface area contributed by atoms with Gasteiger partial charge >= 0.3 is 5.97 Å². The Balaban J connectivity index is 2.04. The van der Waals surface area contributed by atoms with E-state index in [-0.39, 0.29) is 24.9 Å². The van der Waals surface area contributed by atoms with E-state index in [2.05, 4.69) is 5.32 Å². The molecule has 2 rings (SSSR count). The fraction of sp³-hybridized carbons (Fsp3) is 0.529. The van der Waals surface area contributed by atoms with Crippen LogP contribution in [0.2, 0.25) is 0 Å². The van der Waals surface area contributed by atoms with E-state index in [0.29, 0.717) is 23.3 Å². The van der Waals surface area contributed by atoms with Crippen LogP contribution >= 0.6 is 0 Å². The fourth-order valence-electron chi connectivity index (χ4n) is 2.98. The molecular formula is C17H24N2O5S. The summed E-state index contributed by atoms with van der Waals surface area (Å²) >= 11 is 0. The summed E-state index contributed by atoms with van der Waals surface area (Å²) in [6.45, 7) is 5.57. The number of aliphatic carboxylic acids is 1. The summed E-state index contributed by atoms with van der Waals surface area (Å²) in [4.78, 5) is 23.2. The lowest BCUT2D eigenvalue weighted by molar-refractivity contribution is -0.142. The minimum absolute atomic E-state index is 0.245. The van der Waals surface area contributed by atoms with Crippen LogP contribution in [-0.2, 0) is 19.6 Å². The molecule has 0 spiro atoms. The Morgan fingerprint density at radius 3 is 2.36 bits per heavy atom. The molecule has 25 heavy (non-hydrogen) atoms. The molecule has 1 aliphatic rings. The van der Waals surface area contributed by atoms with Crippen LogP contribution in [0.25, 0.3) is 0 Å². The number of nitrogens with one attached hydrogen (secondary N) is 1. The van der Waals surface area contributed by atoms with Crippen molar-refractivity contribution in [1.82, 2.24) is 9.62 Å². The van der Waals surface area contributed by atoms with Gasteiger partial charge < -0.3 is 10.4 Å². The second kappa shape index (κ2) is 7.53. The Morgan fingerprint density at radius 2 is 1.84 bits per heavy atom. The van der Waals surface area contributed by atoms with Gasteiger partial charge in [-0.25, -0.2) is 8.42 Å². The predicted octanol–water partition coefficient (Wildman–Crippen LogP) is 1.29. The highest BCUT2D eigenvalue weighted by molar-refractivity contribution is 7.89. The number of rotatable bonds is 5. The van der Waals surface area contributed by atoms with Crippen molar-refractivity contribution >= 4 is 21.9 Å². The molecule has 0 unspecified atom stereocenters. The smallest absolute Gasteiger partial charge is 0.325 e. The Bertz CT molecular complexity index is 767. The van der Waals surface area contributed by atoms with Gasteiger partial charge in [0, 0.05) is 19.0 Å². The molecule has 1 heterocycles. The second-order valence-corrected chi connectivity index (χ2v) is 8.42. The normalized spacial score (nSPS) is 17.9. The van der Waals surface area contributed by atoms with Crippen molar-refractivity contribution in [3.05, 3.63) is 29.3 Å². The molecule has 8 heteroatoms. The molecule has 0 aromatic heterocycles. The maximum atomic E-state index is 12.8. The van der Waals surface area contributed by atoms with E-state index in [9.17, 15) is 18.0 Å². The van der Waals surface area contributed by atoms with Crippen LogP contribution in [0, 0.1) is 19.8 Å². The van der Waals surface area contributed by atoms with Gasteiger partial charge in [-0.15, -0.1) is 0 Å². The van der Waals surface area contributed by atoms with Gasteiger partial charge in [-0.1, -0.05) is 17.7 Å². The SMILES string of the molecule is Cc1ccc(S(=O)(=O)N2CCC(C(=O)N[C@@H](C)C(=O)O)CC2)c(C)c1. The van der Waals surface area contributed by atoms with Gasteiger partial charge in [0.25, 0.3) is 0 Å². The van der Waals surface area contributed by atoms with Crippen LogP contribution in [-0.4, -0.2) is 48.8 Å². The highest BCUT2D eigenvalue weighted by Crippen LogP contribution is 2.26. The number of aryl methyl sites for hydroxylation is 2. The molecule has 0 saturated carbocycles. The minimum Gasteiger partial charge on any atom is -0.480 e. The topological polar surface area (TPSA) is 104 Å². The van der Waals surface area contributed by atoms with E-state index in [1.54, 1.807) is 19.1 Å². The van der Waals surface area contributed by atoms with E-state index in [1.165, 1.54) is 11.2 Å². The molecule has 1 aromatic carbocycles. The Morgan fingerprint density at radius 1 is 1.24 bits per heavy atom. The number of sulfonamides is 1. The first kappa shape index (κ1) is 19.4. The summed E-state index contributed by atoms with van der Waals surface area (Å²) in [5.74, 6) is -1.80. The lowest BCUT2D eigenvalue weighted by Crippen LogP contribution is -2.46. The molecular weight excluding hydrogens is 344 g/mol. The van der Waals surface area contributed by atoms with Crippen molar-refractivity contribution in [3.63, 3.8) is 0 Å². The standard InChI is InChI=1S/C17H24N2O5S/c1-11-4-5-15(12(2)10-11)25(23,24)19-8-6-14(7-9-19)16(20)18-13(3)17(21)22/h4-5,10,13-14H,6-9H2,1-3H3,(H,18,20)(H,21,22)/t13-/m0/s1. The van der Waals surface area contributed by atoms with E-state index >= 15 is 0 Å². The van der Waals surface area contributed by atoms with Gasteiger partial charge in [-0.2, -0.15) is 4.31 Å². The summed E-state index contributed by atoms with van der Waals surface area (Å²) in [5.41, 5.74) is 1.70. The number of carboxylic acids is 1. The first-order valence-corrected chi connectivity index (χ1v) is 9.67. The highest BCUT2D eigenvalue weighted by atomic mass is 32.2. The molecule has 7 nitrogen and oxygen atoms in total. The number of amides is 1. The van der Waals surface area contributed by atoms with Gasteiger partial charge in [0.05, 0.1) is 4.90 Å². The monoisotopic (exact) mass is 368 g/mol. The molecule has 0 bridgehead atoms. The second-order valence-electron chi connectivity index (χ2n) is 6.52. The van der Waals surface area contributed by atoms with Gasteiger partial charge in [-0.3, -0.25) is 9.59 Å². The average Bonchev–Trinajstić information content (AvgIpc) is 2.54. The average molecular weight is 368 g/mol. The minimum atomic E-state index is -3.59. The quantitative estimate of drug-likeness (QED) is 0.815. The zero-order chi connectivity index (χ0) is 18.8. The third-order valence-electron chi connectivity index (χ3n) is 4.50. The van der Waals surface area contributed by atoms with Crippen LogP contribution in [0.15, 0.2) is 23.1 Å². The van der Waals surface area contributed by atoms with Crippen LogP contribution in [0.4, 0.5) is 0 Å². The van der Waals surface area contributed by atoms with Crippen molar-refractivity contribution < 1.29 is 23.1 Å². The largest absolute Gasteiger partial charge is 0.480 e. The molecule has 0 aliphatic carbocycles. The molecule has 1 amide bonds. The number of hydrogen-bond acceptors (Lipinski definition) is 4. The Labute approximate surface area is 148 Å². The number of hydrogen-bond donors (Lipinski definition) is 2. The molecule has 1 atom stereocenters.